The minimum atomic E-state index is -1.43. The molecule has 9 nitrogen and oxygen atoms in total. The number of β-lactam (4-membered cyclic amide) rings is 1. The van der Waals surface area contributed by atoms with E-state index in [-0.39, 0.29) is 60.4 Å². The number of hydrogen-bond donors (Lipinski definition) is 3. The van der Waals surface area contributed by atoms with Crippen LogP contribution in [0.1, 0.15) is 26.2 Å². The van der Waals surface area contributed by atoms with Crippen LogP contribution in [-0.4, -0.2) is 76.3 Å². The summed E-state index contributed by atoms with van der Waals surface area (Å²) in [5.41, 5.74) is 0.396. The zero-order valence-electron chi connectivity index (χ0n) is 15.8. The molecule has 1 saturated carbocycles. The van der Waals surface area contributed by atoms with Crippen molar-refractivity contribution in [2.45, 2.75) is 44.4 Å². The van der Waals surface area contributed by atoms with Gasteiger partial charge in [0.25, 0.3) is 0 Å². The van der Waals surface area contributed by atoms with Crippen LogP contribution < -0.4 is 40.0 Å². The molecule has 2 aliphatic heterocycles. The number of amides is 3. The van der Waals surface area contributed by atoms with Crippen molar-refractivity contribution in [3.8, 4) is 0 Å². The Bertz CT molecular complexity index is 667. The normalized spacial score (nSPS) is 29.9. The van der Waals surface area contributed by atoms with Gasteiger partial charge in [0, 0.05) is 19.5 Å². The number of carboxylic acids is 1. The van der Waals surface area contributed by atoms with Gasteiger partial charge in [0.05, 0.1) is 42.4 Å². The summed E-state index contributed by atoms with van der Waals surface area (Å²) in [6.07, 6.45) is 1.20. The molecule has 3 N–H and O–H groups in total. The number of aliphatic carboxylic acids is 1. The maximum atomic E-state index is 12.4. The van der Waals surface area contributed by atoms with Crippen LogP contribution in [0.4, 0.5) is 4.79 Å². The molecule has 27 heavy (non-hydrogen) atoms. The first kappa shape index (κ1) is 22.2. The number of rotatable bonds is 5. The second-order valence-electron chi connectivity index (χ2n) is 7.18. The molecule has 0 aromatic rings. The number of nitrogens with zero attached hydrogens (tertiary/aromatic N) is 2. The van der Waals surface area contributed by atoms with Gasteiger partial charge in [-0.15, -0.1) is 0 Å². The summed E-state index contributed by atoms with van der Waals surface area (Å²) in [5.74, 6) is -2.66. The van der Waals surface area contributed by atoms with E-state index in [0.717, 1.165) is 6.42 Å². The quantitative estimate of drug-likeness (QED) is 0.319. The minimum absolute atomic E-state index is 0. The fourth-order valence-electron chi connectivity index (χ4n) is 4.68. The van der Waals surface area contributed by atoms with E-state index >= 15 is 0 Å². The second kappa shape index (κ2) is 8.48. The molecule has 144 valence electrons. The summed E-state index contributed by atoms with van der Waals surface area (Å²) in [7, 11) is 1.57. The van der Waals surface area contributed by atoms with Gasteiger partial charge in [0.1, 0.15) is 0 Å². The average Bonchev–Trinajstić information content (AvgIpc) is 2.89. The van der Waals surface area contributed by atoms with Crippen LogP contribution in [0, 0.1) is 11.8 Å². The van der Waals surface area contributed by atoms with E-state index in [9.17, 15) is 24.6 Å². The first-order chi connectivity index (χ1) is 12.3. The van der Waals surface area contributed by atoms with Crippen LogP contribution in [0.2, 0.25) is 0 Å². The van der Waals surface area contributed by atoms with Crippen LogP contribution in [0.5, 0.6) is 0 Å². The SMILES string of the molecule is C[C@@H](O)[C@H]1C(=O)N2C(C(=O)[O-])=C3[C@H](CCC[C@@H]3N(C)C(=O)NCCO)[C@H]12.[Na+]. The number of carbonyl (C=O) groups is 3. The number of likely N-dealkylation sites (N-methyl/N-ethyl adjacent to an activating group) is 1. The number of nitrogens with one attached hydrogen (secondary N) is 1. The van der Waals surface area contributed by atoms with Gasteiger partial charge < -0.3 is 35.2 Å². The van der Waals surface area contributed by atoms with Crippen molar-refractivity contribution < 1.29 is 59.3 Å². The molecule has 3 amide bonds. The molecular formula is C17H24N3NaO6. The summed E-state index contributed by atoms with van der Waals surface area (Å²) >= 11 is 0. The second-order valence-corrected chi connectivity index (χ2v) is 7.18. The molecule has 1 aliphatic carbocycles. The molecule has 1 saturated heterocycles. The number of aliphatic hydroxyl groups excluding tert-OH is 2. The Morgan fingerprint density at radius 2 is 2.07 bits per heavy atom. The summed E-state index contributed by atoms with van der Waals surface area (Å²) in [5, 5.41) is 33.2. The van der Waals surface area contributed by atoms with Gasteiger partial charge >= 0.3 is 35.6 Å². The van der Waals surface area contributed by atoms with E-state index in [1.54, 1.807) is 7.05 Å². The molecule has 0 bridgehead atoms. The third kappa shape index (κ3) is 3.51. The maximum Gasteiger partial charge on any atom is 1.00 e. The Hall–Kier alpha value is -1.13. The standard InChI is InChI=1S/C17H25N3O6.Na/c1-8(22)11-13-9-4-3-5-10(19(2)17(26)18-6-7-21)12(9)14(16(24)25)20(13)15(11)23;/h8-11,13,21-22H,3-7H2,1-2H3,(H,18,26)(H,24,25);/q;+1/p-1/t8-,9+,10+,11-,13-;/m1./s1. The monoisotopic (exact) mass is 389 g/mol. The van der Waals surface area contributed by atoms with Crippen LogP contribution in [0.3, 0.4) is 0 Å². The van der Waals surface area contributed by atoms with E-state index < -0.39 is 36.0 Å². The van der Waals surface area contributed by atoms with Crippen molar-refractivity contribution >= 4 is 17.9 Å². The van der Waals surface area contributed by atoms with Crippen molar-refractivity contribution in [3.63, 3.8) is 0 Å². The number of carboxylic acid groups (broad SMARTS) is 1. The Balaban J connectivity index is 0.00000261. The molecule has 3 aliphatic rings. The maximum absolute atomic E-state index is 12.4. The van der Waals surface area contributed by atoms with Crippen molar-refractivity contribution in [1.82, 2.24) is 15.1 Å². The summed E-state index contributed by atoms with van der Waals surface area (Å²) < 4.78 is 0. The van der Waals surface area contributed by atoms with E-state index in [1.165, 1.54) is 16.7 Å². The predicted molar refractivity (Wildman–Crippen MR) is 87.2 cm³/mol. The minimum Gasteiger partial charge on any atom is -0.543 e. The van der Waals surface area contributed by atoms with Gasteiger partial charge in [0.15, 0.2) is 0 Å². The molecule has 0 radical (unpaired) electrons. The Morgan fingerprint density at radius 3 is 2.63 bits per heavy atom. The van der Waals surface area contributed by atoms with Crippen molar-refractivity contribution in [2.24, 2.45) is 11.8 Å². The number of aliphatic hydroxyl groups is 2. The molecule has 2 fully saturated rings. The molecule has 2 heterocycles. The molecule has 0 aromatic carbocycles. The summed E-state index contributed by atoms with van der Waals surface area (Å²) in [6, 6.07) is -1.27. The summed E-state index contributed by atoms with van der Waals surface area (Å²) in [4.78, 5) is 39.2. The molecule has 0 spiro atoms. The zero-order valence-corrected chi connectivity index (χ0v) is 17.8. The first-order valence-electron chi connectivity index (χ1n) is 8.89. The third-order valence-electron chi connectivity index (χ3n) is 5.76. The van der Waals surface area contributed by atoms with Gasteiger partial charge in [-0.3, -0.25) is 4.79 Å². The van der Waals surface area contributed by atoms with Crippen LogP contribution >= 0.6 is 0 Å². The van der Waals surface area contributed by atoms with E-state index in [4.69, 9.17) is 5.11 Å². The first-order valence-corrected chi connectivity index (χ1v) is 8.89. The van der Waals surface area contributed by atoms with Gasteiger partial charge in [0.2, 0.25) is 5.91 Å². The van der Waals surface area contributed by atoms with E-state index in [0.29, 0.717) is 18.4 Å². The largest absolute Gasteiger partial charge is 1.00 e. The van der Waals surface area contributed by atoms with Gasteiger partial charge in [-0.2, -0.15) is 0 Å². The van der Waals surface area contributed by atoms with Crippen molar-refractivity contribution in [3.05, 3.63) is 11.3 Å². The molecule has 10 heteroatoms. The topological polar surface area (TPSA) is 133 Å². The number of urea groups is 1. The number of hydrogen-bond acceptors (Lipinski definition) is 6. The van der Waals surface area contributed by atoms with Crippen LogP contribution in [-0.2, 0) is 9.59 Å². The van der Waals surface area contributed by atoms with Gasteiger partial charge in [-0.1, -0.05) is 6.42 Å². The van der Waals surface area contributed by atoms with Gasteiger partial charge in [-0.05, 0) is 25.3 Å². The fourth-order valence-corrected chi connectivity index (χ4v) is 4.68. The molecular weight excluding hydrogens is 365 g/mol. The predicted octanol–water partition coefficient (Wildman–Crippen LogP) is -4.98. The van der Waals surface area contributed by atoms with Crippen molar-refractivity contribution in [1.29, 1.82) is 0 Å². The Labute approximate surface area is 179 Å². The fraction of sp³-hybridized carbons (Fsp3) is 0.706. The Morgan fingerprint density at radius 1 is 1.41 bits per heavy atom. The molecule has 0 aromatic heterocycles. The zero-order chi connectivity index (χ0) is 19.2. The van der Waals surface area contributed by atoms with E-state index in [1.807, 2.05) is 0 Å². The molecule has 3 rings (SSSR count). The Kier molecular flexibility index (Phi) is 6.96. The van der Waals surface area contributed by atoms with Crippen LogP contribution in [0.25, 0.3) is 0 Å². The molecule has 0 unspecified atom stereocenters. The third-order valence-corrected chi connectivity index (χ3v) is 5.76. The van der Waals surface area contributed by atoms with E-state index in [2.05, 4.69) is 5.32 Å². The average molecular weight is 389 g/mol. The molecule has 5 atom stereocenters. The number of fused-ring (bicyclic) bond motifs is 3. The van der Waals surface area contributed by atoms with Crippen LogP contribution in [0.15, 0.2) is 11.3 Å². The summed E-state index contributed by atoms with van der Waals surface area (Å²) in [6.45, 7) is 1.44. The number of carbonyl (C=O) groups excluding carboxylic acids is 3. The van der Waals surface area contributed by atoms with Gasteiger partial charge in [-0.25, -0.2) is 4.79 Å². The smallest absolute Gasteiger partial charge is 0.543 e. The van der Waals surface area contributed by atoms with Crippen molar-refractivity contribution in [2.75, 3.05) is 20.2 Å².